The normalized spacial score (nSPS) is 14.8. The van der Waals surface area contributed by atoms with Gasteiger partial charge in [-0.1, -0.05) is 23.9 Å². The van der Waals surface area contributed by atoms with Gasteiger partial charge in [0.25, 0.3) is 5.56 Å². The van der Waals surface area contributed by atoms with E-state index >= 15 is 0 Å². The van der Waals surface area contributed by atoms with Gasteiger partial charge in [0.05, 0.1) is 16.3 Å². The van der Waals surface area contributed by atoms with Crippen LogP contribution in [0.25, 0.3) is 15.9 Å². The second-order valence-electron chi connectivity index (χ2n) is 7.38. The van der Waals surface area contributed by atoms with Crippen LogP contribution in [0.3, 0.4) is 0 Å². The summed E-state index contributed by atoms with van der Waals surface area (Å²) in [5.74, 6) is -0.419. The van der Waals surface area contributed by atoms with Crippen LogP contribution in [0.2, 0.25) is 0 Å². The number of aromatic nitrogens is 2. The van der Waals surface area contributed by atoms with Crippen molar-refractivity contribution in [2.45, 2.75) is 56.9 Å². The van der Waals surface area contributed by atoms with Crippen LogP contribution in [0, 0.1) is 13.8 Å². The Hall–Kier alpha value is -2.12. The summed E-state index contributed by atoms with van der Waals surface area (Å²) >= 11 is 2.87. The van der Waals surface area contributed by atoms with E-state index in [1.807, 2.05) is 32.0 Å². The first-order valence-corrected chi connectivity index (χ1v) is 11.2. The van der Waals surface area contributed by atoms with Crippen molar-refractivity contribution in [1.82, 2.24) is 9.55 Å². The number of benzene rings is 1. The molecule has 0 fully saturated rings. The number of carbonyl (C=O) groups is 1. The van der Waals surface area contributed by atoms with Gasteiger partial charge in [0, 0.05) is 4.88 Å². The van der Waals surface area contributed by atoms with Crippen molar-refractivity contribution in [2.24, 2.45) is 5.73 Å². The first kappa shape index (κ1) is 19.2. The van der Waals surface area contributed by atoms with Crippen LogP contribution >= 0.6 is 23.1 Å². The molecule has 1 aliphatic carbocycles. The quantitative estimate of drug-likeness (QED) is 0.520. The predicted molar refractivity (Wildman–Crippen MR) is 116 cm³/mol. The van der Waals surface area contributed by atoms with E-state index in [4.69, 9.17) is 10.7 Å². The molecule has 2 N–H and O–H groups in total. The third-order valence-electron chi connectivity index (χ3n) is 5.25. The van der Waals surface area contributed by atoms with E-state index in [-0.39, 0.29) is 5.56 Å². The van der Waals surface area contributed by atoms with Crippen LogP contribution in [0.5, 0.6) is 0 Å². The molecule has 0 unspecified atom stereocenters. The zero-order valence-corrected chi connectivity index (χ0v) is 17.9. The Labute approximate surface area is 172 Å². The number of thiophene rings is 1. The van der Waals surface area contributed by atoms with E-state index in [0.29, 0.717) is 5.16 Å². The van der Waals surface area contributed by atoms with E-state index in [2.05, 4.69) is 0 Å². The van der Waals surface area contributed by atoms with Crippen molar-refractivity contribution in [1.29, 1.82) is 0 Å². The highest BCUT2D eigenvalue weighted by molar-refractivity contribution is 8.00. The van der Waals surface area contributed by atoms with Crippen molar-refractivity contribution in [3.63, 3.8) is 0 Å². The Morgan fingerprint density at radius 3 is 2.79 bits per heavy atom. The number of fused-ring (bicyclic) bond motifs is 3. The summed E-state index contributed by atoms with van der Waals surface area (Å²) in [6, 6.07) is 6.04. The topological polar surface area (TPSA) is 78.0 Å². The molecule has 1 aliphatic rings. The Bertz CT molecular complexity index is 1150. The summed E-state index contributed by atoms with van der Waals surface area (Å²) in [4.78, 5) is 32.3. The van der Waals surface area contributed by atoms with Crippen LogP contribution in [0.4, 0.5) is 0 Å². The smallest absolute Gasteiger partial charge is 0.267 e. The molecule has 0 spiro atoms. The lowest BCUT2D eigenvalue weighted by Crippen LogP contribution is -2.27. The summed E-state index contributed by atoms with van der Waals surface area (Å²) in [7, 11) is 0. The fourth-order valence-corrected chi connectivity index (χ4v) is 5.83. The molecule has 1 atom stereocenters. The number of thioether (sulfide) groups is 1. The van der Waals surface area contributed by atoms with Gasteiger partial charge in [0.1, 0.15) is 4.83 Å². The summed E-state index contributed by atoms with van der Waals surface area (Å²) in [6.45, 7) is 5.74. The Kier molecular flexibility index (Phi) is 5.05. The molecule has 4 rings (SSSR count). The number of aryl methyl sites for hydroxylation is 4. The standard InChI is InChI=1S/C21H23N3O2S2/c1-11-8-9-12(2)15(10-11)24-20(26)17-14-6-4-5-7-16(14)28-19(17)23-21(24)27-13(3)18(22)25/h8-10,13H,4-7H2,1-3H3,(H2,22,25)/t13-/m0/s1. The lowest BCUT2D eigenvalue weighted by atomic mass is 9.97. The maximum atomic E-state index is 13.7. The SMILES string of the molecule is Cc1ccc(C)c(-n2c(S[C@@H](C)C(N)=O)nc3sc4c(c3c2=O)CCCC4)c1. The maximum Gasteiger partial charge on any atom is 0.267 e. The fourth-order valence-electron chi connectivity index (χ4n) is 3.65. The molecule has 2 heterocycles. The lowest BCUT2D eigenvalue weighted by Gasteiger charge is -2.17. The second kappa shape index (κ2) is 7.37. The van der Waals surface area contributed by atoms with Gasteiger partial charge >= 0.3 is 0 Å². The van der Waals surface area contributed by atoms with E-state index in [9.17, 15) is 9.59 Å². The van der Waals surface area contributed by atoms with E-state index in [1.54, 1.807) is 22.8 Å². The van der Waals surface area contributed by atoms with E-state index in [0.717, 1.165) is 52.7 Å². The highest BCUT2D eigenvalue weighted by Crippen LogP contribution is 2.36. The van der Waals surface area contributed by atoms with Crippen LogP contribution in [0.1, 0.15) is 41.3 Å². The number of primary amides is 1. The Morgan fingerprint density at radius 1 is 1.29 bits per heavy atom. The van der Waals surface area contributed by atoms with E-state index in [1.165, 1.54) is 22.2 Å². The number of rotatable bonds is 4. The van der Waals surface area contributed by atoms with Gasteiger partial charge in [0.15, 0.2) is 5.16 Å². The molecular weight excluding hydrogens is 390 g/mol. The molecule has 0 radical (unpaired) electrons. The summed E-state index contributed by atoms with van der Waals surface area (Å²) in [5, 5.41) is 0.795. The van der Waals surface area contributed by atoms with Crippen molar-refractivity contribution in [3.8, 4) is 5.69 Å². The van der Waals surface area contributed by atoms with Gasteiger partial charge in [0.2, 0.25) is 5.91 Å². The number of amides is 1. The third-order valence-corrected chi connectivity index (χ3v) is 7.50. The zero-order chi connectivity index (χ0) is 20.0. The lowest BCUT2D eigenvalue weighted by molar-refractivity contribution is -0.117. The van der Waals surface area contributed by atoms with Crippen molar-refractivity contribution in [2.75, 3.05) is 0 Å². The fraction of sp³-hybridized carbons (Fsp3) is 0.381. The number of nitrogens with two attached hydrogens (primary N) is 1. The molecule has 0 saturated heterocycles. The molecule has 0 saturated carbocycles. The molecule has 0 aliphatic heterocycles. The predicted octanol–water partition coefficient (Wildman–Crippen LogP) is 3.91. The molecule has 3 aromatic rings. The number of hydrogen-bond donors (Lipinski definition) is 1. The van der Waals surface area contributed by atoms with Crippen LogP contribution in [-0.4, -0.2) is 20.7 Å². The second-order valence-corrected chi connectivity index (χ2v) is 9.77. The maximum absolute atomic E-state index is 13.7. The molecule has 146 valence electrons. The van der Waals surface area contributed by atoms with Crippen molar-refractivity contribution < 1.29 is 4.79 Å². The zero-order valence-electron chi connectivity index (χ0n) is 16.2. The van der Waals surface area contributed by atoms with Gasteiger partial charge in [-0.25, -0.2) is 4.98 Å². The molecule has 28 heavy (non-hydrogen) atoms. The Morgan fingerprint density at radius 2 is 2.04 bits per heavy atom. The number of carbonyl (C=O) groups excluding carboxylic acids is 1. The monoisotopic (exact) mass is 413 g/mol. The summed E-state index contributed by atoms with van der Waals surface area (Å²) < 4.78 is 1.68. The molecule has 0 bridgehead atoms. The van der Waals surface area contributed by atoms with Crippen LogP contribution < -0.4 is 11.3 Å². The first-order valence-electron chi connectivity index (χ1n) is 9.47. The molecule has 1 amide bonds. The largest absolute Gasteiger partial charge is 0.369 e. The van der Waals surface area contributed by atoms with Crippen molar-refractivity contribution in [3.05, 3.63) is 50.1 Å². The van der Waals surface area contributed by atoms with Gasteiger partial charge < -0.3 is 5.73 Å². The van der Waals surface area contributed by atoms with Gasteiger partial charge in [-0.05, 0) is 69.2 Å². The van der Waals surface area contributed by atoms with Crippen molar-refractivity contribution >= 4 is 39.2 Å². The van der Waals surface area contributed by atoms with Gasteiger partial charge in [-0.2, -0.15) is 0 Å². The van der Waals surface area contributed by atoms with Crippen LogP contribution in [-0.2, 0) is 17.6 Å². The molecular formula is C21H23N3O2S2. The summed E-state index contributed by atoms with van der Waals surface area (Å²) in [6.07, 6.45) is 4.21. The van der Waals surface area contributed by atoms with Gasteiger partial charge in [-0.15, -0.1) is 11.3 Å². The highest BCUT2D eigenvalue weighted by Gasteiger charge is 2.25. The molecule has 1 aromatic carbocycles. The average Bonchev–Trinajstić information content (AvgIpc) is 3.02. The summed E-state index contributed by atoms with van der Waals surface area (Å²) in [5.41, 5.74) is 9.48. The highest BCUT2D eigenvalue weighted by atomic mass is 32.2. The van der Waals surface area contributed by atoms with Gasteiger partial charge in [-0.3, -0.25) is 14.2 Å². The first-order chi connectivity index (χ1) is 13.4. The van der Waals surface area contributed by atoms with E-state index < -0.39 is 11.2 Å². The minimum atomic E-state index is -0.477. The molecule has 2 aromatic heterocycles. The molecule has 5 nitrogen and oxygen atoms in total. The number of nitrogens with zero attached hydrogens (tertiary/aromatic N) is 2. The minimum absolute atomic E-state index is 0.0442. The number of hydrogen-bond acceptors (Lipinski definition) is 5. The minimum Gasteiger partial charge on any atom is -0.369 e. The average molecular weight is 414 g/mol. The Balaban J connectivity index is 2.04. The molecule has 7 heteroatoms. The third kappa shape index (κ3) is 3.26. The van der Waals surface area contributed by atoms with Crippen LogP contribution in [0.15, 0.2) is 28.2 Å².